The van der Waals surface area contributed by atoms with Gasteiger partial charge in [0.1, 0.15) is 0 Å². The summed E-state index contributed by atoms with van der Waals surface area (Å²) in [5.74, 6) is 3.54. The summed E-state index contributed by atoms with van der Waals surface area (Å²) in [7, 11) is 0. The van der Waals surface area contributed by atoms with E-state index < -0.39 is 0 Å². The van der Waals surface area contributed by atoms with Gasteiger partial charge in [-0.25, -0.2) is 0 Å². The van der Waals surface area contributed by atoms with Crippen LogP contribution in [0.25, 0.3) is 0 Å². The lowest BCUT2D eigenvalue weighted by molar-refractivity contribution is 0.316. The maximum Gasteiger partial charge on any atom is -0.00229 e. The average molecular weight is 326 g/mol. The van der Waals surface area contributed by atoms with E-state index in [2.05, 4.69) is 46.9 Å². The maximum absolute atomic E-state index is 3.76. The van der Waals surface area contributed by atoms with Crippen LogP contribution in [0, 0.1) is 23.7 Å². The van der Waals surface area contributed by atoms with E-state index in [-0.39, 0.29) is 0 Å². The van der Waals surface area contributed by atoms with Crippen LogP contribution in [0.3, 0.4) is 0 Å². The summed E-state index contributed by atoms with van der Waals surface area (Å²) in [5, 5.41) is 3.76. The molecule has 23 heavy (non-hydrogen) atoms. The summed E-state index contributed by atoms with van der Waals surface area (Å²) in [5.41, 5.74) is 0. The van der Waals surface area contributed by atoms with E-state index >= 15 is 0 Å². The molecule has 0 amide bonds. The van der Waals surface area contributed by atoms with E-state index in [0.29, 0.717) is 0 Å². The minimum absolute atomic E-state index is 0.825. The second kappa shape index (κ2) is 15.5. The molecule has 0 aromatic heterocycles. The fraction of sp³-hybridized carbons (Fsp3) is 1.00. The van der Waals surface area contributed by atoms with Gasteiger partial charge in [0.05, 0.1) is 0 Å². The van der Waals surface area contributed by atoms with Gasteiger partial charge in [-0.3, -0.25) is 0 Å². The second-order valence-corrected chi connectivity index (χ2v) is 8.17. The van der Waals surface area contributed by atoms with Crippen LogP contribution in [0.15, 0.2) is 0 Å². The van der Waals surface area contributed by atoms with Crippen LogP contribution in [0.5, 0.6) is 0 Å². The van der Waals surface area contributed by atoms with Gasteiger partial charge in [-0.05, 0) is 49.6 Å². The zero-order valence-electron chi connectivity index (χ0n) is 17.3. The topological polar surface area (TPSA) is 12.0 Å². The van der Waals surface area contributed by atoms with Crippen molar-refractivity contribution in [2.75, 3.05) is 13.1 Å². The second-order valence-electron chi connectivity index (χ2n) is 8.17. The number of hydrogen-bond acceptors (Lipinski definition) is 1. The van der Waals surface area contributed by atoms with Crippen LogP contribution in [-0.2, 0) is 0 Å². The zero-order valence-corrected chi connectivity index (χ0v) is 17.3. The van der Waals surface area contributed by atoms with Crippen molar-refractivity contribution in [1.29, 1.82) is 0 Å². The first kappa shape index (κ1) is 23.0. The monoisotopic (exact) mass is 325 g/mol. The molecule has 1 nitrogen and oxygen atoms in total. The fourth-order valence-electron chi connectivity index (χ4n) is 3.84. The van der Waals surface area contributed by atoms with Crippen molar-refractivity contribution in [2.45, 2.75) is 106 Å². The Bertz CT molecular complexity index is 214. The molecule has 4 atom stereocenters. The van der Waals surface area contributed by atoms with Gasteiger partial charge in [0.15, 0.2) is 0 Å². The third-order valence-corrected chi connectivity index (χ3v) is 5.54. The molecule has 0 aromatic carbocycles. The molecule has 0 saturated carbocycles. The van der Waals surface area contributed by atoms with E-state index in [1.54, 1.807) is 0 Å². The molecule has 140 valence electrons. The molecule has 0 fully saturated rings. The summed E-state index contributed by atoms with van der Waals surface area (Å²) < 4.78 is 0. The summed E-state index contributed by atoms with van der Waals surface area (Å²) in [6.45, 7) is 16.6. The lowest BCUT2D eigenvalue weighted by atomic mass is 9.88. The molecule has 0 aromatic rings. The highest BCUT2D eigenvalue weighted by Gasteiger charge is 2.13. The molecule has 0 rings (SSSR count). The molecule has 0 bridgehead atoms. The number of rotatable bonds is 16. The van der Waals surface area contributed by atoms with Gasteiger partial charge in [0.2, 0.25) is 0 Å². The van der Waals surface area contributed by atoms with Gasteiger partial charge >= 0.3 is 0 Å². The normalized spacial score (nSPS) is 17.0. The van der Waals surface area contributed by atoms with Gasteiger partial charge < -0.3 is 5.32 Å². The molecular weight excluding hydrogens is 278 g/mol. The van der Waals surface area contributed by atoms with Crippen LogP contribution in [-0.4, -0.2) is 13.1 Å². The third kappa shape index (κ3) is 13.0. The predicted molar refractivity (Wildman–Crippen MR) is 107 cm³/mol. The van der Waals surface area contributed by atoms with E-state index in [1.807, 2.05) is 0 Å². The van der Waals surface area contributed by atoms with E-state index in [0.717, 1.165) is 23.7 Å². The quantitative estimate of drug-likeness (QED) is 0.320. The Labute approximate surface area is 148 Å². The van der Waals surface area contributed by atoms with E-state index in [9.17, 15) is 0 Å². The van der Waals surface area contributed by atoms with Crippen molar-refractivity contribution in [3.8, 4) is 0 Å². The Morgan fingerprint density at radius 1 is 0.652 bits per heavy atom. The van der Waals surface area contributed by atoms with Crippen molar-refractivity contribution < 1.29 is 0 Å². The third-order valence-electron chi connectivity index (χ3n) is 5.54. The van der Waals surface area contributed by atoms with Gasteiger partial charge in [-0.15, -0.1) is 0 Å². The largest absolute Gasteiger partial charge is 0.316 e. The minimum Gasteiger partial charge on any atom is -0.316 e. The Morgan fingerprint density at radius 3 is 1.35 bits per heavy atom. The van der Waals surface area contributed by atoms with Crippen LogP contribution in [0.2, 0.25) is 0 Å². The van der Waals surface area contributed by atoms with Gasteiger partial charge in [0, 0.05) is 0 Å². The highest BCUT2D eigenvalue weighted by Crippen LogP contribution is 2.22. The first-order chi connectivity index (χ1) is 11.1. The van der Waals surface area contributed by atoms with E-state index in [4.69, 9.17) is 0 Å². The standard InChI is InChI=1S/C22H47N/c1-7-11-13-21(9-3)15-19(5)17-23-18-20(6)16-22(10-4)14-12-8-2/h19-23H,7-18H2,1-6H3. The highest BCUT2D eigenvalue weighted by molar-refractivity contribution is 4.68. The highest BCUT2D eigenvalue weighted by atomic mass is 14.9. The first-order valence-electron chi connectivity index (χ1n) is 10.8. The van der Waals surface area contributed by atoms with Crippen molar-refractivity contribution >= 4 is 0 Å². The molecule has 1 N–H and O–H groups in total. The fourth-order valence-corrected chi connectivity index (χ4v) is 3.84. The lowest BCUT2D eigenvalue weighted by Gasteiger charge is -2.23. The van der Waals surface area contributed by atoms with Crippen LogP contribution in [0.1, 0.15) is 106 Å². The summed E-state index contributed by atoms with van der Waals surface area (Å²) in [6.07, 6.45) is 13.9. The van der Waals surface area contributed by atoms with E-state index in [1.165, 1.54) is 77.3 Å². The van der Waals surface area contributed by atoms with Crippen molar-refractivity contribution in [1.82, 2.24) is 5.32 Å². The predicted octanol–water partition coefficient (Wildman–Crippen LogP) is 7.06. The zero-order chi connectivity index (χ0) is 17.5. The Hall–Kier alpha value is -0.0400. The maximum atomic E-state index is 3.76. The van der Waals surface area contributed by atoms with Crippen molar-refractivity contribution in [3.63, 3.8) is 0 Å². The first-order valence-corrected chi connectivity index (χ1v) is 10.8. The summed E-state index contributed by atoms with van der Waals surface area (Å²) in [4.78, 5) is 0. The molecular formula is C22H47N. The van der Waals surface area contributed by atoms with Gasteiger partial charge in [-0.1, -0.05) is 92.9 Å². The Morgan fingerprint density at radius 2 is 1.04 bits per heavy atom. The average Bonchev–Trinajstić information content (AvgIpc) is 2.55. The number of unbranched alkanes of at least 4 members (excludes halogenated alkanes) is 2. The van der Waals surface area contributed by atoms with Gasteiger partial charge in [-0.2, -0.15) is 0 Å². The molecule has 0 aliphatic carbocycles. The minimum atomic E-state index is 0.825. The number of hydrogen-bond donors (Lipinski definition) is 1. The van der Waals surface area contributed by atoms with Gasteiger partial charge in [0.25, 0.3) is 0 Å². The molecule has 1 heteroatoms. The van der Waals surface area contributed by atoms with Crippen molar-refractivity contribution in [2.24, 2.45) is 23.7 Å². The lowest BCUT2D eigenvalue weighted by Crippen LogP contribution is -2.28. The smallest absolute Gasteiger partial charge is 0.00229 e. The summed E-state index contributed by atoms with van der Waals surface area (Å²) in [6, 6.07) is 0. The SMILES string of the molecule is CCCCC(CC)CC(C)CNCC(C)CC(CC)CCCC. The molecule has 0 spiro atoms. The van der Waals surface area contributed by atoms with Crippen molar-refractivity contribution in [3.05, 3.63) is 0 Å². The molecule has 0 aliphatic heterocycles. The molecule has 4 unspecified atom stereocenters. The summed E-state index contributed by atoms with van der Waals surface area (Å²) >= 11 is 0. The molecule has 0 aliphatic rings. The number of nitrogens with one attached hydrogen (secondary N) is 1. The molecule has 0 saturated heterocycles. The Balaban J connectivity index is 3.85. The van der Waals surface area contributed by atoms with Crippen LogP contribution >= 0.6 is 0 Å². The molecule has 0 radical (unpaired) electrons. The van der Waals surface area contributed by atoms with Crippen LogP contribution < -0.4 is 5.32 Å². The van der Waals surface area contributed by atoms with Crippen LogP contribution in [0.4, 0.5) is 0 Å². The molecule has 0 heterocycles. The Kier molecular flexibility index (Phi) is 15.5.